The van der Waals surface area contributed by atoms with E-state index in [2.05, 4.69) is 16.0 Å². The van der Waals surface area contributed by atoms with Gasteiger partial charge in [0.05, 0.1) is 12.6 Å². The number of rotatable bonds is 13. The van der Waals surface area contributed by atoms with E-state index >= 15 is 0 Å². The Balaban J connectivity index is 4.80. The summed E-state index contributed by atoms with van der Waals surface area (Å²) in [5.41, 5.74) is 5.76. The smallest absolute Gasteiger partial charge is 0.326 e. The molecule has 3 unspecified atom stereocenters. The van der Waals surface area contributed by atoms with Gasteiger partial charge in [-0.25, -0.2) is 4.79 Å². The summed E-state index contributed by atoms with van der Waals surface area (Å²) in [5.74, 6) is -2.13. The number of carbonyl (C=O) groups is 4. The van der Waals surface area contributed by atoms with Crippen LogP contribution in [0.2, 0.25) is 0 Å². The Hall–Kier alpha value is -1.81. The van der Waals surface area contributed by atoms with Gasteiger partial charge in [0.15, 0.2) is 0 Å². The number of hydrogen-bond donors (Lipinski definition) is 5. The maximum Gasteiger partial charge on any atom is 0.326 e. The first-order valence-electron chi connectivity index (χ1n) is 9.34. The molecular weight excluding hydrogens is 384 g/mol. The van der Waals surface area contributed by atoms with Crippen LogP contribution in [0.4, 0.5) is 0 Å². The SMILES string of the molecule is CSCCC(NC(=O)CNC(=O)C(N)CC(C)C)C(=O)NC(C(=O)O)C(C)C. The van der Waals surface area contributed by atoms with Crippen molar-refractivity contribution in [3.63, 3.8) is 0 Å². The van der Waals surface area contributed by atoms with Crippen molar-refractivity contribution in [3.8, 4) is 0 Å². The Morgan fingerprint density at radius 1 is 1.04 bits per heavy atom. The zero-order chi connectivity index (χ0) is 21.9. The standard InChI is InChI=1S/C18H34N4O5S/c1-10(2)8-12(19)16(24)20-9-14(23)21-13(6-7-28-5)17(25)22-15(11(3)4)18(26)27/h10-13,15H,6-9,19H2,1-5H3,(H,20,24)(H,21,23)(H,22,25)(H,26,27). The molecule has 0 fully saturated rings. The van der Waals surface area contributed by atoms with Gasteiger partial charge in [-0.15, -0.1) is 0 Å². The van der Waals surface area contributed by atoms with Crippen LogP contribution in [0.5, 0.6) is 0 Å². The molecule has 0 saturated carbocycles. The summed E-state index contributed by atoms with van der Waals surface area (Å²) in [4.78, 5) is 47.8. The van der Waals surface area contributed by atoms with Crippen LogP contribution < -0.4 is 21.7 Å². The van der Waals surface area contributed by atoms with Gasteiger partial charge in [-0.05, 0) is 36.7 Å². The predicted molar refractivity (Wildman–Crippen MR) is 110 cm³/mol. The highest BCUT2D eigenvalue weighted by Crippen LogP contribution is 2.06. The summed E-state index contributed by atoms with van der Waals surface area (Å²) in [6, 6.07) is -2.64. The van der Waals surface area contributed by atoms with Crippen LogP contribution in [0.3, 0.4) is 0 Å². The first-order valence-corrected chi connectivity index (χ1v) is 10.7. The van der Waals surface area contributed by atoms with Crippen LogP contribution in [0.15, 0.2) is 0 Å². The lowest BCUT2D eigenvalue weighted by atomic mass is 10.0. The van der Waals surface area contributed by atoms with Crippen LogP contribution >= 0.6 is 11.8 Å². The molecule has 6 N–H and O–H groups in total. The molecule has 0 aliphatic heterocycles. The third-order valence-electron chi connectivity index (χ3n) is 3.98. The van der Waals surface area contributed by atoms with Crippen molar-refractivity contribution >= 4 is 35.5 Å². The molecule has 0 aliphatic carbocycles. The largest absolute Gasteiger partial charge is 0.480 e. The highest BCUT2D eigenvalue weighted by molar-refractivity contribution is 7.98. The normalized spacial score (nSPS) is 14.3. The number of carbonyl (C=O) groups excluding carboxylic acids is 3. The Labute approximate surface area is 170 Å². The molecule has 0 rings (SSSR count). The van der Waals surface area contributed by atoms with E-state index in [0.717, 1.165) is 0 Å². The minimum Gasteiger partial charge on any atom is -0.480 e. The molecule has 0 radical (unpaired) electrons. The van der Waals surface area contributed by atoms with Crippen molar-refractivity contribution in [1.29, 1.82) is 0 Å². The maximum absolute atomic E-state index is 12.5. The van der Waals surface area contributed by atoms with Crippen LogP contribution in [-0.2, 0) is 19.2 Å². The number of thioether (sulfide) groups is 1. The van der Waals surface area contributed by atoms with E-state index in [-0.39, 0.29) is 18.4 Å². The molecule has 3 atom stereocenters. The highest BCUT2D eigenvalue weighted by Gasteiger charge is 2.28. The van der Waals surface area contributed by atoms with Crippen molar-refractivity contribution in [1.82, 2.24) is 16.0 Å². The van der Waals surface area contributed by atoms with Gasteiger partial charge in [-0.1, -0.05) is 27.7 Å². The molecule has 0 spiro atoms. The van der Waals surface area contributed by atoms with Gasteiger partial charge in [0.1, 0.15) is 12.1 Å². The van der Waals surface area contributed by atoms with Gasteiger partial charge < -0.3 is 26.8 Å². The third-order valence-corrected chi connectivity index (χ3v) is 4.62. The minimum absolute atomic E-state index is 0.248. The molecule has 0 aromatic carbocycles. The Kier molecular flexibility index (Phi) is 12.5. The van der Waals surface area contributed by atoms with Gasteiger partial charge in [-0.2, -0.15) is 11.8 Å². The van der Waals surface area contributed by atoms with Crippen molar-refractivity contribution in [2.75, 3.05) is 18.6 Å². The zero-order valence-electron chi connectivity index (χ0n) is 17.3. The maximum atomic E-state index is 12.5. The predicted octanol–water partition coefficient (Wildman–Crippen LogP) is -0.0607. The van der Waals surface area contributed by atoms with Crippen molar-refractivity contribution in [3.05, 3.63) is 0 Å². The third kappa shape index (κ3) is 10.5. The van der Waals surface area contributed by atoms with E-state index in [1.165, 1.54) is 11.8 Å². The summed E-state index contributed by atoms with van der Waals surface area (Å²) >= 11 is 1.50. The minimum atomic E-state index is -1.13. The second-order valence-corrected chi connectivity index (χ2v) is 8.41. The molecule has 162 valence electrons. The van der Waals surface area contributed by atoms with Crippen molar-refractivity contribution in [2.24, 2.45) is 17.6 Å². The molecule has 0 bridgehead atoms. The van der Waals surface area contributed by atoms with Crippen LogP contribution in [0.1, 0.15) is 40.5 Å². The first kappa shape index (κ1) is 26.2. The Morgan fingerprint density at radius 3 is 2.11 bits per heavy atom. The molecule has 0 aromatic heterocycles. The summed E-state index contributed by atoms with van der Waals surface area (Å²) in [6.07, 6.45) is 2.70. The van der Waals surface area contributed by atoms with E-state index in [4.69, 9.17) is 5.73 Å². The van der Waals surface area contributed by atoms with E-state index in [1.54, 1.807) is 13.8 Å². The number of aliphatic carboxylic acids is 1. The summed E-state index contributed by atoms with van der Waals surface area (Å²) in [6.45, 7) is 6.95. The quantitative estimate of drug-likeness (QED) is 0.281. The molecule has 0 aromatic rings. The number of amides is 3. The van der Waals surface area contributed by atoms with Crippen LogP contribution in [0.25, 0.3) is 0 Å². The monoisotopic (exact) mass is 418 g/mol. The van der Waals surface area contributed by atoms with E-state index in [9.17, 15) is 24.3 Å². The molecule has 3 amide bonds. The summed E-state index contributed by atoms with van der Waals surface area (Å²) in [7, 11) is 0. The van der Waals surface area contributed by atoms with Crippen molar-refractivity contribution < 1.29 is 24.3 Å². The van der Waals surface area contributed by atoms with E-state index in [1.807, 2.05) is 20.1 Å². The second-order valence-electron chi connectivity index (χ2n) is 7.42. The molecular formula is C18H34N4O5S. The molecule has 0 aliphatic rings. The van der Waals surface area contributed by atoms with Crippen LogP contribution in [0, 0.1) is 11.8 Å². The topological polar surface area (TPSA) is 151 Å². The Bertz CT molecular complexity index is 542. The fourth-order valence-corrected chi connectivity index (χ4v) is 2.90. The van der Waals surface area contributed by atoms with Crippen molar-refractivity contribution in [2.45, 2.75) is 58.7 Å². The summed E-state index contributed by atoms with van der Waals surface area (Å²) in [5, 5.41) is 16.7. The summed E-state index contributed by atoms with van der Waals surface area (Å²) < 4.78 is 0. The zero-order valence-corrected chi connectivity index (χ0v) is 18.1. The molecule has 9 nitrogen and oxygen atoms in total. The molecule has 28 heavy (non-hydrogen) atoms. The average Bonchev–Trinajstić information content (AvgIpc) is 2.59. The fourth-order valence-electron chi connectivity index (χ4n) is 2.43. The average molecular weight is 419 g/mol. The van der Waals surface area contributed by atoms with Gasteiger partial charge in [0.25, 0.3) is 0 Å². The number of nitrogens with one attached hydrogen (secondary N) is 3. The van der Waals surface area contributed by atoms with Gasteiger partial charge >= 0.3 is 5.97 Å². The second kappa shape index (κ2) is 13.4. The fraction of sp³-hybridized carbons (Fsp3) is 0.778. The lowest BCUT2D eigenvalue weighted by Crippen LogP contribution is -2.55. The lowest BCUT2D eigenvalue weighted by Gasteiger charge is -2.23. The van der Waals surface area contributed by atoms with E-state index < -0.39 is 41.8 Å². The van der Waals surface area contributed by atoms with E-state index in [0.29, 0.717) is 18.6 Å². The Morgan fingerprint density at radius 2 is 1.64 bits per heavy atom. The van der Waals surface area contributed by atoms with Gasteiger partial charge in [0.2, 0.25) is 17.7 Å². The van der Waals surface area contributed by atoms with Gasteiger partial charge in [0, 0.05) is 0 Å². The van der Waals surface area contributed by atoms with Crippen LogP contribution in [-0.4, -0.2) is 65.5 Å². The number of carboxylic acid groups (broad SMARTS) is 1. The molecule has 10 heteroatoms. The first-order chi connectivity index (χ1) is 13.0. The number of carboxylic acids is 1. The lowest BCUT2D eigenvalue weighted by molar-refractivity contribution is -0.143. The highest BCUT2D eigenvalue weighted by atomic mass is 32.2. The molecule has 0 heterocycles. The molecule has 0 saturated heterocycles. The van der Waals surface area contributed by atoms with Gasteiger partial charge in [-0.3, -0.25) is 14.4 Å². The number of nitrogens with two attached hydrogens (primary N) is 1. The number of hydrogen-bond acceptors (Lipinski definition) is 6.